The lowest BCUT2D eigenvalue weighted by Crippen LogP contribution is -2.36. The summed E-state index contributed by atoms with van der Waals surface area (Å²) in [5.74, 6) is -0.717. The Hall–Kier alpha value is -2.28. The van der Waals surface area contributed by atoms with Crippen LogP contribution in [0.5, 0.6) is 0 Å². The van der Waals surface area contributed by atoms with Gasteiger partial charge in [0.1, 0.15) is 0 Å². The third-order valence-electron chi connectivity index (χ3n) is 5.18. The zero-order chi connectivity index (χ0) is 20.4. The highest BCUT2D eigenvalue weighted by molar-refractivity contribution is 6.33. The van der Waals surface area contributed by atoms with Crippen LogP contribution in [-0.4, -0.2) is 44.7 Å². The topological polar surface area (TPSA) is 61.9 Å². The number of nitrogens with zero attached hydrogens (tertiary/aromatic N) is 2. The highest BCUT2D eigenvalue weighted by Crippen LogP contribution is 2.31. The van der Waals surface area contributed by atoms with E-state index in [-0.39, 0.29) is 18.2 Å². The van der Waals surface area contributed by atoms with Gasteiger partial charge in [-0.15, -0.1) is 0 Å². The highest BCUT2D eigenvalue weighted by atomic mass is 35.5. The minimum absolute atomic E-state index is 0.0897. The minimum atomic E-state index is -0.431. The Morgan fingerprint density at radius 3 is 2.62 bits per heavy atom. The lowest BCUT2D eigenvalue weighted by Gasteiger charge is -2.29. The van der Waals surface area contributed by atoms with Gasteiger partial charge in [-0.1, -0.05) is 29.3 Å². The number of halogens is 2. The van der Waals surface area contributed by atoms with Crippen LogP contribution in [0, 0.1) is 5.92 Å². The number of nitrogens with one attached hydrogen (secondary N) is 1. The van der Waals surface area contributed by atoms with Crippen molar-refractivity contribution < 1.29 is 14.3 Å². The molecule has 2 saturated heterocycles. The molecule has 4 rings (SSSR count). The molecule has 2 aromatic rings. The van der Waals surface area contributed by atoms with Crippen molar-refractivity contribution in [2.45, 2.75) is 6.42 Å². The largest absolute Gasteiger partial charge is 0.378 e. The maximum Gasteiger partial charge on any atom is 0.229 e. The van der Waals surface area contributed by atoms with Crippen molar-refractivity contribution in [1.29, 1.82) is 0 Å². The normalized spacial score (nSPS) is 19.5. The van der Waals surface area contributed by atoms with Gasteiger partial charge in [-0.2, -0.15) is 0 Å². The van der Waals surface area contributed by atoms with E-state index < -0.39 is 5.92 Å². The molecule has 1 atom stereocenters. The van der Waals surface area contributed by atoms with E-state index in [0.29, 0.717) is 41.2 Å². The number of benzene rings is 2. The summed E-state index contributed by atoms with van der Waals surface area (Å²) >= 11 is 12.5. The second-order valence-electron chi connectivity index (χ2n) is 7.14. The monoisotopic (exact) mass is 433 g/mol. The van der Waals surface area contributed by atoms with Crippen molar-refractivity contribution in [3.8, 4) is 0 Å². The number of carbonyl (C=O) groups is 2. The average Bonchev–Trinajstić information content (AvgIpc) is 3.11. The molecular weight excluding hydrogens is 413 g/mol. The first kappa shape index (κ1) is 20.0. The van der Waals surface area contributed by atoms with Crippen LogP contribution in [0.25, 0.3) is 0 Å². The van der Waals surface area contributed by atoms with Gasteiger partial charge in [-0.3, -0.25) is 9.59 Å². The zero-order valence-electron chi connectivity index (χ0n) is 15.7. The van der Waals surface area contributed by atoms with Crippen molar-refractivity contribution in [3.05, 3.63) is 52.5 Å². The molecule has 1 unspecified atom stereocenters. The first-order chi connectivity index (χ1) is 14.0. The summed E-state index contributed by atoms with van der Waals surface area (Å²) in [6.07, 6.45) is 0.165. The van der Waals surface area contributed by atoms with E-state index in [4.69, 9.17) is 27.9 Å². The van der Waals surface area contributed by atoms with Crippen LogP contribution in [0.2, 0.25) is 10.0 Å². The number of anilines is 3. The molecule has 8 heteroatoms. The Balaban J connectivity index is 1.41. The SMILES string of the molecule is O=C(Nc1ccc(N2CCOCC2)c(Cl)c1)C1CC(=O)N(c2cccc(Cl)c2)C1. The number of morpholine rings is 1. The van der Waals surface area contributed by atoms with E-state index in [2.05, 4.69) is 10.2 Å². The maximum absolute atomic E-state index is 12.7. The smallest absolute Gasteiger partial charge is 0.229 e. The minimum Gasteiger partial charge on any atom is -0.378 e. The van der Waals surface area contributed by atoms with Crippen molar-refractivity contribution in [1.82, 2.24) is 0 Å². The molecule has 0 radical (unpaired) electrons. The van der Waals surface area contributed by atoms with Crippen LogP contribution in [0.15, 0.2) is 42.5 Å². The number of hydrogen-bond donors (Lipinski definition) is 1. The number of carbonyl (C=O) groups excluding carboxylic acids is 2. The fourth-order valence-electron chi connectivity index (χ4n) is 3.67. The number of amides is 2. The molecule has 0 bridgehead atoms. The molecular formula is C21H21Cl2N3O3. The highest BCUT2D eigenvalue weighted by Gasteiger charge is 2.35. The summed E-state index contributed by atoms with van der Waals surface area (Å²) < 4.78 is 5.37. The number of hydrogen-bond acceptors (Lipinski definition) is 4. The van der Waals surface area contributed by atoms with Gasteiger partial charge in [0.05, 0.1) is 29.8 Å². The molecule has 2 fully saturated rings. The fraction of sp³-hybridized carbons (Fsp3) is 0.333. The Kier molecular flexibility index (Phi) is 5.94. The molecule has 152 valence electrons. The van der Waals surface area contributed by atoms with Gasteiger partial charge in [0, 0.05) is 42.5 Å². The first-order valence-electron chi connectivity index (χ1n) is 9.50. The van der Waals surface area contributed by atoms with Crippen molar-refractivity contribution >= 4 is 52.1 Å². The summed E-state index contributed by atoms with van der Waals surface area (Å²) in [5, 5.41) is 4.02. The quantitative estimate of drug-likeness (QED) is 0.795. The molecule has 29 heavy (non-hydrogen) atoms. The molecule has 0 aromatic heterocycles. The lowest BCUT2D eigenvalue weighted by molar-refractivity contribution is -0.122. The lowest BCUT2D eigenvalue weighted by atomic mass is 10.1. The number of ether oxygens (including phenoxy) is 1. The summed E-state index contributed by atoms with van der Waals surface area (Å²) in [7, 11) is 0. The third-order valence-corrected chi connectivity index (χ3v) is 5.72. The second kappa shape index (κ2) is 8.61. The molecule has 0 saturated carbocycles. The average molecular weight is 434 g/mol. The molecule has 1 N–H and O–H groups in total. The summed E-state index contributed by atoms with van der Waals surface area (Å²) in [4.78, 5) is 28.9. The Morgan fingerprint density at radius 1 is 1.10 bits per heavy atom. The summed E-state index contributed by atoms with van der Waals surface area (Å²) in [6, 6.07) is 12.6. The second-order valence-corrected chi connectivity index (χ2v) is 7.98. The summed E-state index contributed by atoms with van der Waals surface area (Å²) in [6.45, 7) is 3.25. The van der Waals surface area contributed by atoms with Gasteiger partial charge < -0.3 is 19.9 Å². The van der Waals surface area contributed by atoms with Gasteiger partial charge >= 0.3 is 0 Å². The fourth-order valence-corrected chi connectivity index (χ4v) is 4.15. The molecule has 2 aliphatic rings. The van der Waals surface area contributed by atoms with Crippen LogP contribution >= 0.6 is 23.2 Å². The first-order valence-corrected chi connectivity index (χ1v) is 10.3. The Morgan fingerprint density at radius 2 is 1.90 bits per heavy atom. The third kappa shape index (κ3) is 4.50. The van der Waals surface area contributed by atoms with E-state index in [0.717, 1.165) is 18.8 Å². The van der Waals surface area contributed by atoms with E-state index in [1.165, 1.54) is 0 Å². The predicted molar refractivity (Wildman–Crippen MR) is 115 cm³/mol. The van der Waals surface area contributed by atoms with E-state index in [1.54, 1.807) is 29.2 Å². The molecule has 6 nitrogen and oxygen atoms in total. The molecule has 0 aliphatic carbocycles. The molecule has 2 aromatic carbocycles. The number of rotatable bonds is 4. The molecule has 2 heterocycles. The molecule has 2 amide bonds. The van der Waals surface area contributed by atoms with Gasteiger partial charge in [-0.25, -0.2) is 0 Å². The van der Waals surface area contributed by atoms with Crippen molar-refractivity contribution in [2.24, 2.45) is 5.92 Å². The molecule has 0 spiro atoms. The van der Waals surface area contributed by atoms with Gasteiger partial charge in [0.15, 0.2) is 0 Å². The maximum atomic E-state index is 12.7. The van der Waals surface area contributed by atoms with E-state index in [1.807, 2.05) is 18.2 Å². The van der Waals surface area contributed by atoms with Crippen molar-refractivity contribution in [3.63, 3.8) is 0 Å². The predicted octanol–water partition coefficient (Wildman–Crippen LogP) is 3.82. The van der Waals surface area contributed by atoms with Gasteiger partial charge in [-0.05, 0) is 36.4 Å². The van der Waals surface area contributed by atoms with E-state index >= 15 is 0 Å². The van der Waals surface area contributed by atoms with Gasteiger partial charge in [0.25, 0.3) is 0 Å². The van der Waals surface area contributed by atoms with Gasteiger partial charge in [0.2, 0.25) is 11.8 Å². The van der Waals surface area contributed by atoms with Crippen LogP contribution in [0.4, 0.5) is 17.1 Å². The zero-order valence-corrected chi connectivity index (χ0v) is 17.2. The van der Waals surface area contributed by atoms with Crippen LogP contribution in [-0.2, 0) is 14.3 Å². The van der Waals surface area contributed by atoms with Crippen LogP contribution in [0.1, 0.15) is 6.42 Å². The van der Waals surface area contributed by atoms with Crippen molar-refractivity contribution in [2.75, 3.05) is 48.0 Å². The standard InChI is InChI=1S/C21H21Cl2N3O3/c22-15-2-1-3-17(11-15)26-13-14(10-20(26)27)21(28)24-16-4-5-19(18(23)12-16)25-6-8-29-9-7-25/h1-5,11-12,14H,6-10,13H2,(H,24,28). The van der Waals surface area contributed by atoms with E-state index in [9.17, 15) is 9.59 Å². The Bertz CT molecular complexity index is 931. The summed E-state index contributed by atoms with van der Waals surface area (Å²) in [5.41, 5.74) is 2.25. The van der Waals surface area contributed by atoms with Crippen LogP contribution < -0.4 is 15.1 Å². The van der Waals surface area contributed by atoms with Crippen LogP contribution in [0.3, 0.4) is 0 Å². The Labute approximate surface area is 179 Å². The molecule has 2 aliphatic heterocycles.